The smallest absolute Gasteiger partial charge is 0.222 e. The predicted molar refractivity (Wildman–Crippen MR) is 121 cm³/mol. The Balaban J connectivity index is 1.30. The maximum absolute atomic E-state index is 10.0. The highest BCUT2D eigenvalue weighted by Crippen LogP contribution is 2.38. The van der Waals surface area contributed by atoms with Crippen molar-refractivity contribution < 1.29 is 9.84 Å². The molecule has 0 aliphatic heterocycles. The summed E-state index contributed by atoms with van der Waals surface area (Å²) in [5.41, 5.74) is 3.03. The van der Waals surface area contributed by atoms with Gasteiger partial charge in [-0.1, -0.05) is 36.0 Å². The van der Waals surface area contributed by atoms with E-state index in [0.717, 1.165) is 58.0 Å². The number of nitrogens with one attached hydrogen (secondary N) is 1. The van der Waals surface area contributed by atoms with Crippen LogP contribution in [0.5, 0.6) is 11.6 Å². The van der Waals surface area contributed by atoms with Gasteiger partial charge in [0.1, 0.15) is 5.75 Å². The van der Waals surface area contributed by atoms with E-state index in [0.29, 0.717) is 5.88 Å². The van der Waals surface area contributed by atoms with Gasteiger partial charge in [-0.2, -0.15) is 0 Å². The van der Waals surface area contributed by atoms with Crippen LogP contribution < -0.4 is 10.1 Å². The number of nitrogens with zero attached hydrogens (tertiary/aromatic N) is 2. The average molecular weight is 418 g/mol. The van der Waals surface area contributed by atoms with E-state index in [9.17, 15) is 5.11 Å². The number of aliphatic hydroxyl groups is 1. The van der Waals surface area contributed by atoms with Gasteiger partial charge >= 0.3 is 0 Å². The lowest BCUT2D eigenvalue weighted by Crippen LogP contribution is -2.18. The van der Waals surface area contributed by atoms with Gasteiger partial charge in [0, 0.05) is 17.4 Å². The first-order chi connectivity index (χ1) is 14.7. The summed E-state index contributed by atoms with van der Waals surface area (Å²) in [5.74, 6) is 1.65. The van der Waals surface area contributed by atoms with Gasteiger partial charge < -0.3 is 15.2 Å². The first-order valence-corrected chi connectivity index (χ1v) is 11.1. The lowest BCUT2D eigenvalue weighted by molar-refractivity contribution is 0.119. The zero-order valence-electron chi connectivity index (χ0n) is 16.5. The summed E-state index contributed by atoms with van der Waals surface area (Å²) in [4.78, 5) is 9.07. The minimum atomic E-state index is -0.232. The van der Waals surface area contributed by atoms with Crippen LogP contribution in [0.2, 0.25) is 0 Å². The van der Waals surface area contributed by atoms with Crippen LogP contribution in [0.15, 0.2) is 66.9 Å². The van der Waals surface area contributed by atoms with Crippen molar-refractivity contribution >= 4 is 32.4 Å². The van der Waals surface area contributed by atoms with Crippen molar-refractivity contribution in [3.63, 3.8) is 0 Å². The van der Waals surface area contributed by atoms with E-state index < -0.39 is 0 Å². The number of hydrogen-bond acceptors (Lipinski definition) is 6. The zero-order chi connectivity index (χ0) is 20.3. The van der Waals surface area contributed by atoms with Gasteiger partial charge in [0.05, 0.1) is 16.3 Å². The summed E-state index contributed by atoms with van der Waals surface area (Å²) in [7, 11) is 0. The first kappa shape index (κ1) is 19.0. The van der Waals surface area contributed by atoms with E-state index in [-0.39, 0.29) is 12.0 Å². The number of aromatic nitrogens is 2. The lowest BCUT2D eigenvalue weighted by atomic mass is 9.83. The average Bonchev–Trinajstić information content (AvgIpc) is 3.18. The fourth-order valence-electron chi connectivity index (χ4n) is 4.01. The number of anilines is 2. The highest BCUT2D eigenvalue weighted by atomic mass is 32.1. The molecule has 2 atom stereocenters. The van der Waals surface area contributed by atoms with Crippen LogP contribution in [0.4, 0.5) is 10.8 Å². The third kappa shape index (κ3) is 4.15. The highest BCUT2D eigenvalue weighted by Gasteiger charge is 2.24. The van der Waals surface area contributed by atoms with Crippen molar-refractivity contribution in [2.24, 2.45) is 0 Å². The molecule has 0 radical (unpaired) electrons. The Kier molecular flexibility index (Phi) is 5.34. The summed E-state index contributed by atoms with van der Waals surface area (Å²) in [5, 5.41) is 14.3. The minimum absolute atomic E-state index is 0.232. The van der Waals surface area contributed by atoms with Gasteiger partial charge in [-0.05, 0) is 67.6 Å². The number of para-hydroxylation sites is 1. The van der Waals surface area contributed by atoms with Crippen LogP contribution in [0.1, 0.15) is 37.2 Å². The third-order valence-electron chi connectivity index (χ3n) is 5.50. The molecule has 2 N–H and O–H groups in total. The molecule has 152 valence electrons. The molecule has 2 aromatic heterocycles. The summed E-state index contributed by atoms with van der Waals surface area (Å²) in [6.45, 7) is 0. The van der Waals surface area contributed by atoms with Gasteiger partial charge in [0.2, 0.25) is 5.88 Å². The maximum Gasteiger partial charge on any atom is 0.222 e. The molecule has 30 heavy (non-hydrogen) atoms. The van der Waals surface area contributed by atoms with Crippen molar-refractivity contribution in [3.05, 3.63) is 72.4 Å². The number of hydrogen-bond donors (Lipinski definition) is 2. The summed E-state index contributed by atoms with van der Waals surface area (Å²) >= 11 is 1.63. The van der Waals surface area contributed by atoms with Crippen LogP contribution in [0.25, 0.3) is 10.2 Å². The fraction of sp³-hybridized carbons (Fsp3) is 0.250. The molecule has 4 aromatic rings. The Morgan fingerprint density at radius 3 is 2.70 bits per heavy atom. The Bertz CT molecular complexity index is 1110. The largest absolute Gasteiger partial charge is 0.439 e. The number of pyridine rings is 1. The molecule has 1 aliphatic rings. The second-order valence-corrected chi connectivity index (χ2v) is 8.68. The number of ether oxygens (including phenoxy) is 1. The number of aliphatic hydroxyl groups excluding tert-OH is 1. The molecule has 0 amide bonds. The van der Waals surface area contributed by atoms with E-state index in [1.807, 2.05) is 48.5 Å². The van der Waals surface area contributed by atoms with Crippen molar-refractivity contribution in [3.8, 4) is 11.6 Å². The van der Waals surface area contributed by atoms with Crippen molar-refractivity contribution in [1.82, 2.24) is 9.97 Å². The number of benzene rings is 2. The lowest BCUT2D eigenvalue weighted by Gasteiger charge is -2.27. The number of thiazole rings is 1. The van der Waals surface area contributed by atoms with E-state index >= 15 is 0 Å². The number of fused-ring (bicyclic) bond motifs is 1. The van der Waals surface area contributed by atoms with Gasteiger partial charge in [-0.25, -0.2) is 9.97 Å². The molecule has 0 spiro atoms. The minimum Gasteiger partial charge on any atom is -0.439 e. The molecule has 0 saturated heterocycles. The first-order valence-electron chi connectivity index (χ1n) is 10.3. The molecule has 5 rings (SSSR count). The molecule has 1 unspecified atom stereocenters. The van der Waals surface area contributed by atoms with E-state index in [4.69, 9.17) is 4.74 Å². The fourth-order valence-corrected chi connectivity index (χ4v) is 4.90. The van der Waals surface area contributed by atoms with Crippen LogP contribution in [0.3, 0.4) is 0 Å². The second kappa shape index (κ2) is 8.42. The maximum atomic E-state index is 10.0. The molecule has 1 saturated carbocycles. The highest BCUT2D eigenvalue weighted by molar-refractivity contribution is 7.22. The molecule has 6 heteroatoms. The van der Waals surface area contributed by atoms with Gasteiger partial charge in [-0.15, -0.1) is 0 Å². The Morgan fingerprint density at radius 1 is 1.00 bits per heavy atom. The molecule has 2 heterocycles. The predicted octanol–water partition coefficient (Wildman–Crippen LogP) is 6.25. The van der Waals surface area contributed by atoms with Crippen LogP contribution in [0, 0.1) is 0 Å². The van der Waals surface area contributed by atoms with E-state index in [1.165, 1.54) is 0 Å². The van der Waals surface area contributed by atoms with Gasteiger partial charge in [0.25, 0.3) is 0 Å². The van der Waals surface area contributed by atoms with Crippen molar-refractivity contribution in [2.75, 3.05) is 5.32 Å². The zero-order valence-corrected chi connectivity index (χ0v) is 17.3. The quantitative estimate of drug-likeness (QED) is 0.402. The van der Waals surface area contributed by atoms with Crippen LogP contribution in [-0.4, -0.2) is 21.2 Å². The monoisotopic (exact) mass is 417 g/mol. The molecule has 0 bridgehead atoms. The summed E-state index contributed by atoms with van der Waals surface area (Å²) < 4.78 is 7.28. The number of rotatable bonds is 5. The van der Waals surface area contributed by atoms with Crippen molar-refractivity contribution in [2.45, 2.75) is 37.7 Å². The van der Waals surface area contributed by atoms with Gasteiger partial charge in [-0.3, -0.25) is 0 Å². The van der Waals surface area contributed by atoms with Crippen LogP contribution in [-0.2, 0) is 0 Å². The molecular weight excluding hydrogens is 394 g/mol. The molecule has 2 aromatic carbocycles. The molecule has 1 fully saturated rings. The Labute approximate surface area is 179 Å². The normalized spacial score (nSPS) is 19.0. The topological polar surface area (TPSA) is 67.3 Å². The Hall–Kier alpha value is -2.96. The third-order valence-corrected chi connectivity index (χ3v) is 6.45. The molecule has 1 aliphatic carbocycles. The Morgan fingerprint density at radius 2 is 1.87 bits per heavy atom. The van der Waals surface area contributed by atoms with Crippen LogP contribution >= 0.6 is 11.3 Å². The standard InChI is InChI=1S/C24H23N3O2S/c28-18-6-3-5-16(15-18)20-7-4-14-25-23(20)29-19-12-10-17(11-13-19)26-24-27-21-8-1-2-9-22(21)30-24/h1-2,4,7-14,16,18,28H,3,5-6,15H2,(H,26,27)/t16?,18-/m0/s1. The van der Waals surface area contributed by atoms with Gasteiger partial charge in [0.15, 0.2) is 5.13 Å². The summed E-state index contributed by atoms with van der Waals surface area (Å²) in [6.07, 6.45) is 5.27. The van der Waals surface area contributed by atoms with Crippen molar-refractivity contribution in [1.29, 1.82) is 0 Å². The summed E-state index contributed by atoms with van der Waals surface area (Å²) in [6, 6.07) is 19.9. The van der Waals surface area contributed by atoms with E-state index in [2.05, 4.69) is 27.4 Å². The molecule has 5 nitrogen and oxygen atoms in total. The molecular formula is C24H23N3O2S. The van der Waals surface area contributed by atoms with E-state index in [1.54, 1.807) is 17.5 Å². The SMILES string of the molecule is O[C@H]1CCCC(c2cccnc2Oc2ccc(Nc3nc4ccccc4s3)cc2)C1. The second-order valence-electron chi connectivity index (χ2n) is 7.65.